The maximum Gasteiger partial charge on any atom is 0.125 e. The van der Waals surface area contributed by atoms with Crippen LogP contribution in [0.2, 0.25) is 5.02 Å². The van der Waals surface area contributed by atoms with Crippen LogP contribution in [0.25, 0.3) is 0 Å². The van der Waals surface area contributed by atoms with E-state index in [2.05, 4.69) is 5.32 Å². The lowest BCUT2D eigenvalue weighted by molar-refractivity contribution is 0.182. The highest BCUT2D eigenvalue weighted by atomic mass is 35.5. The molecule has 3 nitrogen and oxygen atoms in total. The van der Waals surface area contributed by atoms with Crippen molar-refractivity contribution in [3.05, 3.63) is 29.0 Å². The fourth-order valence-electron chi connectivity index (χ4n) is 1.59. The summed E-state index contributed by atoms with van der Waals surface area (Å²) in [6.07, 6.45) is 1.74. The van der Waals surface area contributed by atoms with Gasteiger partial charge in [-0.2, -0.15) is 0 Å². The first-order valence-corrected chi connectivity index (χ1v) is 5.95. The number of hydrogen-bond donors (Lipinski definition) is 2. The molecule has 0 spiro atoms. The second-order valence-electron chi connectivity index (χ2n) is 3.85. The number of methoxy groups -OCH3 is 1. The van der Waals surface area contributed by atoms with Gasteiger partial charge in [-0.15, -0.1) is 0 Å². The number of hydrogen-bond acceptors (Lipinski definition) is 3. The van der Waals surface area contributed by atoms with E-state index < -0.39 is 0 Å². The van der Waals surface area contributed by atoms with Gasteiger partial charge < -0.3 is 15.8 Å². The topological polar surface area (TPSA) is 47.3 Å². The van der Waals surface area contributed by atoms with E-state index in [-0.39, 0.29) is 11.9 Å². The van der Waals surface area contributed by atoms with Crippen LogP contribution in [0.4, 0.5) is 10.1 Å². The van der Waals surface area contributed by atoms with Gasteiger partial charge in [0.25, 0.3) is 0 Å². The predicted molar refractivity (Wildman–Crippen MR) is 69.0 cm³/mol. The average molecular weight is 261 g/mol. The molecule has 1 atom stereocenters. The first kappa shape index (κ1) is 14.2. The van der Waals surface area contributed by atoms with Crippen LogP contribution in [0.1, 0.15) is 12.8 Å². The Kier molecular flexibility index (Phi) is 6.26. The standard InChI is InChI=1S/C12H18ClFN2O/c1-17-8-10(3-2-6-15)16-12-7-9(14)4-5-11(12)13/h4-5,7,10,16H,2-3,6,8,15H2,1H3. The maximum atomic E-state index is 13.1. The molecule has 0 aliphatic heterocycles. The van der Waals surface area contributed by atoms with Crippen LogP contribution in [-0.2, 0) is 4.74 Å². The monoisotopic (exact) mass is 260 g/mol. The second-order valence-corrected chi connectivity index (χ2v) is 4.26. The fourth-order valence-corrected chi connectivity index (χ4v) is 1.76. The quantitative estimate of drug-likeness (QED) is 0.792. The van der Waals surface area contributed by atoms with Crippen LogP contribution in [0, 0.1) is 5.82 Å². The molecule has 1 aromatic carbocycles. The Morgan fingerprint density at radius 2 is 2.29 bits per heavy atom. The van der Waals surface area contributed by atoms with Crippen molar-refractivity contribution in [3.8, 4) is 0 Å². The van der Waals surface area contributed by atoms with E-state index in [4.69, 9.17) is 22.1 Å². The number of ether oxygens (including phenoxy) is 1. The molecule has 0 aromatic heterocycles. The summed E-state index contributed by atoms with van der Waals surface area (Å²) in [4.78, 5) is 0. The third-order valence-corrected chi connectivity index (χ3v) is 2.74. The summed E-state index contributed by atoms with van der Waals surface area (Å²) < 4.78 is 18.2. The number of rotatable bonds is 7. The second kappa shape index (κ2) is 7.48. The minimum absolute atomic E-state index is 0.0860. The molecule has 0 saturated heterocycles. The van der Waals surface area contributed by atoms with E-state index in [1.54, 1.807) is 7.11 Å². The Balaban J connectivity index is 2.67. The smallest absolute Gasteiger partial charge is 0.125 e. The molecule has 3 N–H and O–H groups in total. The molecule has 0 fully saturated rings. The van der Waals surface area contributed by atoms with Gasteiger partial charge in [-0.1, -0.05) is 11.6 Å². The lowest BCUT2D eigenvalue weighted by Crippen LogP contribution is -2.26. The normalized spacial score (nSPS) is 12.5. The van der Waals surface area contributed by atoms with Crippen LogP contribution in [0.5, 0.6) is 0 Å². The third-order valence-electron chi connectivity index (χ3n) is 2.41. The number of nitrogens with two attached hydrogens (primary N) is 1. The molecule has 0 aliphatic rings. The van der Waals surface area contributed by atoms with E-state index in [1.165, 1.54) is 18.2 Å². The molecule has 0 radical (unpaired) electrons. The molecule has 1 unspecified atom stereocenters. The zero-order valence-electron chi connectivity index (χ0n) is 9.88. The summed E-state index contributed by atoms with van der Waals surface area (Å²) >= 11 is 5.98. The largest absolute Gasteiger partial charge is 0.383 e. The molecule has 1 aromatic rings. The molecule has 0 saturated carbocycles. The number of benzene rings is 1. The van der Waals surface area contributed by atoms with Crippen molar-refractivity contribution in [3.63, 3.8) is 0 Å². The van der Waals surface area contributed by atoms with Gasteiger partial charge in [-0.3, -0.25) is 0 Å². The van der Waals surface area contributed by atoms with Gasteiger partial charge in [0.2, 0.25) is 0 Å². The first-order valence-electron chi connectivity index (χ1n) is 5.58. The molecular weight excluding hydrogens is 243 g/mol. The van der Waals surface area contributed by atoms with E-state index in [0.29, 0.717) is 23.9 Å². The van der Waals surface area contributed by atoms with Gasteiger partial charge in [0.05, 0.1) is 17.3 Å². The number of nitrogens with one attached hydrogen (secondary N) is 1. The molecular formula is C12H18ClFN2O. The molecule has 0 bridgehead atoms. The third kappa shape index (κ3) is 4.89. The number of anilines is 1. The van der Waals surface area contributed by atoms with Crippen LogP contribution in [-0.4, -0.2) is 26.3 Å². The minimum atomic E-state index is -0.313. The summed E-state index contributed by atoms with van der Waals surface area (Å²) in [5.41, 5.74) is 6.05. The van der Waals surface area contributed by atoms with Crippen molar-refractivity contribution < 1.29 is 9.13 Å². The van der Waals surface area contributed by atoms with Gasteiger partial charge in [0.1, 0.15) is 5.82 Å². The lowest BCUT2D eigenvalue weighted by Gasteiger charge is -2.19. The molecule has 17 heavy (non-hydrogen) atoms. The summed E-state index contributed by atoms with van der Waals surface area (Å²) in [5.74, 6) is -0.313. The van der Waals surface area contributed by atoms with Gasteiger partial charge in [0.15, 0.2) is 0 Å². The van der Waals surface area contributed by atoms with Crippen LogP contribution >= 0.6 is 11.6 Å². The Bertz CT molecular complexity index is 349. The van der Waals surface area contributed by atoms with Crippen LogP contribution < -0.4 is 11.1 Å². The van der Waals surface area contributed by atoms with Gasteiger partial charge in [-0.05, 0) is 37.6 Å². The predicted octanol–water partition coefficient (Wildman–Crippen LogP) is 2.64. The van der Waals surface area contributed by atoms with Crippen molar-refractivity contribution in [2.75, 3.05) is 25.6 Å². The first-order chi connectivity index (χ1) is 8.17. The van der Waals surface area contributed by atoms with Crippen molar-refractivity contribution >= 4 is 17.3 Å². The Hall–Kier alpha value is -0.840. The van der Waals surface area contributed by atoms with Crippen molar-refractivity contribution in [2.24, 2.45) is 5.73 Å². The highest BCUT2D eigenvalue weighted by Gasteiger charge is 2.10. The zero-order chi connectivity index (χ0) is 12.7. The number of halogens is 2. The lowest BCUT2D eigenvalue weighted by atomic mass is 10.1. The van der Waals surface area contributed by atoms with E-state index in [9.17, 15) is 4.39 Å². The summed E-state index contributed by atoms with van der Waals surface area (Å²) in [6, 6.07) is 4.33. The Morgan fingerprint density at radius 1 is 1.53 bits per heavy atom. The zero-order valence-corrected chi connectivity index (χ0v) is 10.6. The maximum absolute atomic E-state index is 13.1. The molecule has 0 amide bonds. The van der Waals surface area contributed by atoms with Gasteiger partial charge in [-0.25, -0.2) is 4.39 Å². The summed E-state index contributed by atoms with van der Waals surface area (Å²) in [6.45, 7) is 1.16. The van der Waals surface area contributed by atoms with Crippen molar-refractivity contribution in [2.45, 2.75) is 18.9 Å². The molecule has 1 rings (SSSR count). The highest BCUT2D eigenvalue weighted by molar-refractivity contribution is 6.33. The average Bonchev–Trinajstić information content (AvgIpc) is 2.31. The molecule has 5 heteroatoms. The summed E-state index contributed by atoms with van der Waals surface area (Å²) in [5, 5.41) is 3.67. The molecule has 0 heterocycles. The molecule has 0 aliphatic carbocycles. The van der Waals surface area contributed by atoms with E-state index >= 15 is 0 Å². The van der Waals surface area contributed by atoms with Gasteiger partial charge in [0, 0.05) is 13.2 Å². The minimum Gasteiger partial charge on any atom is -0.383 e. The fraction of sp³-hybridized carbons (Fsp3) is 0.500. The van der Waals surface area contributed by atoms with Crippen molar-refractivity contribution in [1.82, 2.24) is 0 Å². The van der Waals surface area contributed by atoms with Crippen LogP contribution in [0.15, 0.2) is 18.2 Å². The SMILES string of the molecule is COCC(CCCN)Nc1cc(F)ccc1Cl. The van der Waals surface area contributed by atoms with Crippen LogP contribution in [0.3, 0.4) is 0 Å². The van der Waals surface area contributed by atoms with E-state index in [0.717, 1.165) is 12.8 Å². The van der Waals surface area contributed by atoms with Crippen molar-refractivity contribution in [1.29, 1.82) is 0 Å². The van der Waals surface area contributed by atoms with Gasteiger partial charge >= 0.3 is 0 Å². The summed E-state index contributed by atoms with van der Waals surface area (Å²) in [7, 11) is 1.63. The highest BCUT2D eigenvalue weighted by Crippen LogP contribution is 2.23. The van der Waals surface area contributed by atoms with E-state index in [1.807, 2.05) is 0 Å². The Morgan fingerprint density at radius 3 is 2.94 bits per heavy atom. The molecule has 96 valence electrons. The Labute approximate surface area is 106 Å².